The maximum atomic E-state index is 5.54. The van der Waals surface area contributed by atoms with E-state index in [1.165, 1.54) is 11.9 Å². The van der Waals surface area contributed by atoms with Crippen molar-refractivity contribution in [2.24, 2.45) is 14.1 Å². The van der Waals surface area contributed by atoms with E-state index < -0.39 is 0 Å². The second-order valence-corrected chi connectivity index (χ2v) is 6.38. The maximum Gasteiger partial charge on any atom is 0.165 e. The lowest BCUT2D eigenvalue weighted by atomic mass is 10.2. The third kappa shape index (κ3) is 3.81. The Kier molecular flexibility index (Phi) is 4.97. The average Bonchev–Trinajstić information content (AvgIpc) is 3.32. The van der Waals surface area contributed by atoms with Crippen LogP contribution in [-0.4, -0.2) is 39.0 Å². The maximum absolute atomic E-state index is 5.54. The Morgan fingerprint density at radius 1 is 0.793 bits per heavy atom. The molecule has 29 heavy (non-hydrogen) atoms. The van der Waals surface area contributed by atoms with Crippen LogP contribution in [-0.2, 0) is 20.6 Å². The van der Waals surface area contributed by atoms with Crippen LogP contribution in [0, 0.1) is 0 Å². The normalized spacial score (nSPS) is 10.7. The van der Waals surface area contributed by atoms with Gasteiger partial charge < -0.3 is 20.2 Å². The third-order valence-corrected chi connectivity index (χ3v) is 4.33. The molecule has 0 aliphatic carbocycles. The van der Waals surface area contributed by atoms with Crippen LogP contribution in [0.25, 0.3) is 22.3 Å². The van der Waals surface area contributed by atoms with Gasteiger partial charge in [-0.1, -0.05) is 30.3 Å². The highest BCUT2D eigenvalue weighted by Gasteiger charge is 2.07. The van der Waals surface area contributed by atoms with Crippen LogP contribution >= 0.6 is 0 Å². The van der Waals surface area contributed by atoms with Crippen molar-refractivity contribution in [3.8, 4) is 0 Å². The van der Waals surface area contributed by atoms with Crippen molar-refractivity contribution in [1.82, 2.24) is 39.0 Å². The van der Waals surface area contributed by atoms with E-state index in [0.29, 0.717) is 11.3 Å². The summed E-state index contributed by atoms with van der Waals surface area (Å²) >= 11 is 0. The molecular formula is C19H20N10. The zero-order chi connectivity index (χ0) is 20.2. The summed E-state index contributed by atoms with van der Waals surface area (Å²) < 4.78 is 3.68. The summed E-state index contributed by atoms with van der Waals surface area (Å²) in [6, 6.07) is 10.2. The predicted octanol–water partition coefficient (Wildman–Crippen LogP) is 1.92. The van der Waals surface area contributed by atoms with Crippen LogP contribution in [0.2, 0.25) is 0 Å². The molecule has 146 valence electrons. The van der Waals surface area contributed by atoms with Gasteiger partial charge in [-0.2, -0.15) is 0 Å². The molecule has 4 heterocycles. The average molecular weight is 388 g/mol. The van der Waals surface area contributed by atoms with Gasteiger partial charge in [0.05, 0.1) is 12.7 Å². The van der Waals surface area contributed by atoms with E-state index in [1.54, 1.807) is 23.5 Å². The smallest absolute Gasteiger partial charge is 0.165 e. The Bertz CT molecular complexity index is 1240. The van der Waals surface area contributed by atoms with E-state index in [0.717, 1.165) is 29.2 Å². The number of rotatable bonds is 3. The van der Waals surface area contributed by atoms with E-state index in [2.05, 4.69) is 47.4 Å². The molecule has 3 N–H and O–H groups in total. The summed E-state index contributed by atoms with van der Waals surface area (Å²) in [4.78, 5) is 24.6. The van der Waals surface area contributed by atoms with Crippen molar-refractivity contribution < 1.29 is 0 Å². The second kappa shape index (κ2) is 7.89. The lowest BCUT2D eigenvalue weighted by Gasteiger charge is -2.05. The number of hydrogen-bond donors (Lipinski definition) is 2. The topological polar surface area (TPSA) is 125 Å². The number of anilines is 2. The number of aryl methyl sites for hydroxylation is 2. The van der Waals surface area contributed by atoms with Crippen LogP contribution in [0.3, 0.4) is 0 Å². The Balaban J connectivity index is 0.000000159. The van der Waals surface area contributed by atoms with Gasteiger partial charge in [0.25, 0.3) is 0 Å². The number of nitrogens with one attached hydrogen (secondary N) is 1. The van der Waals surface area contributed by atoms with Crippen LogP contribution in [0.5, 0.6) is 0 Å². The van der Waals surface area contributed by atoms with Gasteiger partial charge in [-0.15, -0.1) is 0 Å². The number of nitrogen functional groups attached to an aromatic ring is 1. The first-order valence-corrected chi connectivity index (χ1v) is 8.91. The highest BCUT2D eigenvalue weighted by molar-refractivity contribution is 5.82. The standard InChI is InChI=1S/C13H13N5.C6H7N5/c1-18-9-17-11-12(15-8-16-13(11)18)14-7-10-5-3-2-4-6-10;1-11-3-10-4-5(7)8-2-9-6(4)11/h2-6,8-9H,7H2,1H3,(H,14,15,16);2-3H,1H3,(H2,7,8,9). The number of fused-ring (bicyclic) bond motifs is 2. The van der Waals surface area contributed by atoms with Crippen molar-refractivity contribution in [3.63, 3.8) is 0 Å². The highest BCUT2D eigenvalue weighted by atomic mass is 15.1. The van der Waals surface area contributed by atoms with E-state index in [1.807, 2.05) is 36.9 Å². The monoisotopic (exact) mass is 388 g/mol. The van der Waals surface area contributed by atoms with Gasteiger partial charge >= 0.3 is 0 Å². The third-order valence-electron chi connectivity index (χ3n) is 4.33. The first-order chi connectivity index (χ1) is 14.1. The summed E-state index contributed by atoms with van der Waals surface area (Å²) in [7, 11) is 3.78. The van der Waals surface area contributed by atoms with Gasteiger partial charge in [-0.3, -0.25) is 0 Å². The van der Waals surface area contributed by atoms with Crippen molar-refractivity contribution in [2.75, 3.05) is 11.1 Å². The quantitative estimate of drug-likeness (QED) is 0.480. The van der Waals surface area contributed by atoms with Crippen molar-refractivity contribution in [2.45, 2.75) is 6.54 Å². The fraction of sp³-hybridized carbons (Fsp3) is 0.158. The van der Waals surface area contributed by atoms with Crippen LogP contribution in [0.15, 0.2) is 55.6 Å². The summed E-state index contributed by atoms with van der Waals surface area (Å²) in [5.74, 6) is 1.19. The molecule has 0 radical (unpaired) electrons. The zero-order valence-electron chi connectivity index (χ0n) is 16.1. The molecule has 4 aromatic heterocycles. The van der Waals surface area contributed by atoms with Gasteiger partial charge in [0, 0.05) is 20.6 Å². The van der Waals surface area contributed by atoms with E-state index >= 15 is 0 Å². The van der Waals surface area contributed by atoms with E-state index in [9.17, 15) is 0 Å². The molecule has 0 unspecified atom stereocenters. The summed E-state index contributed by atoms with van der Waals surface area (Å²) in [5.41, 5.74) is 9.81. The number of nitrogens with zero attached hydrogens (tertiary/aromatic N) is 8. The molecule has 5 rings (SSSR count). The molecule has 0 spiro atoms. The lowest BCUT2D eigenvalue weighted by molar-refractivity contribution is 0.928. The Hall–Kier alpha value is -4.08. The summed E-state index contributed by atoms with van der Waals surface area (Å²) in [5, 5.41) is 3.29. The molecule has 0 aliphatic heterocycles. The Morgan fingerprint density at radius 2 is 1.41 bits per heavy atom. The van der Waals surface area contributed by atoms with E-state index in [-0.39, 0.29) is 0 Å². The molecular weight excluding hydrogens is 368 g/mol. The van der Waals surface area contributed by atoms with Crippen molar-refractivity contribution >= 4 is 34.0 Å². The number of aromatic nitrogens is 8. The molecule has 0 amide bonds. The van der Waals surface area contributed by atoms with Gasteiger partial charge in [-0.05, 0) is 5.56 Å². The summed E-state index contributed by atoms with van der Waals surface area (Å²) in [6.45, 7) is 0.726. The number of imidazole rings is 2. The molecule has 0 aliphatic rings. The summed E-state index contributed by atoms with van der Waals surface area (Å²) in [6.07, 6.45) is 6.39. The molecule has 0 bridgehead atoms. The minimum absolute atomic E-state index is 0.426. The SMILES string of the molecule is Cn1cnc2c(N)ncnc21.Cn1cnc2c(NCc3ccccc3)ncnc21. The van der Waals surface area contributed by atoms with Crippen molar-refractivity contribution in [3.05, 3.63) is 61.2 Å². The second-order valence-electron chi connectivity index (χ2n) is 6.38. The van der Waals surface area contributed by atoms with Crippen molar-refractivity contribution in [1.29, 1.82) is 0 Å². The fourth-order valence-corrected chi connectivity index (χ4v) is 2.82. The molecule has 1 aromatic carbocycles. The molecule has 0 atom stereocenters. The molecule has 10 heteroatoms. The molecule has 10 nitrogen and oxygen atoms in total. The number of hydrogen-bond acceptors (Lipinski definition) is 8. The molecule has 0 saturated carbocycles. The number of nitrogens with two attached hydrogens (primary N) is 1. The van der Waals surface area contributed by atoms with Crippen LogP contribution < -0.4 is 11.1 Å². The minimum atomic E-state index is 0.426. The van der Waals surface area contributed by atoms with E-state index in [4.69, 9.17) is 5.73 Å². The Morgan fingerprint density at radius 3 is 2.10 bits per heavy atom. The largest absolute Gasteiger partial charge is 0.382 e. The molecule has 0 fully saturated rings. The Labute approximate surface area is 166 Å². The first-order valence-electron chi connectivity index (χ1n) is 8.91. The molecule has 0 saturated heterocycles. The van der Waals surface area contributed by atoms with Crippen LogP contribution in [0.4, 0.5) is 11.6 Å². The minimum Gasteiger partial charge on any atom is -0.382 e. The highest BCUT2D eigenvalue weighted by Crippen LogP contribution is 2.17. The van der Waals surface area contributed by atoms with Gasteiger partial charge in [0.1, 0.15) is 23.7 Å². The van der Waals surface area contributed by atoms with Gasteiger partial charge in [-0.25, -0.2) is 29.9 Å². The first kappa shape index (κ1) is 18.3. The molecule has 5 aromatic rings. The number of benzene rings is 1. The van der Waals surface area contributed by atoms with Crippen LogP contribution in [0.1, 0.15) is 5.56 Å². The fourth-order valence-electron chi connectivity index (χ4n) is 2.82. The predicted molar refractivity (Wildman–Crippen MR) is 111 cm³/mol. The van der Waals surface area contributed by atoms with Gasteiger partial charge in [0.2, 0.25) is 0 Å². The van der Waals surface area contributed by atoms with Gasteiger partial charge in [0.15, 0.2) is 22.9 Å². The lowest BCUT2D eigenvalue weighted by Crippen LogP contribution is -2.02. The zero-order valence-corrected chi connectivity index (χ0v) is 16.1.